The van der Waals surface area contributed by atoms with Gasteiger partial charge in [0.1, 0.15) is 5.82 Å². The molecule has 1 atom stereocenters. The summed E-state index contributed by atoms with van der Waals surface area (Å²) in [4.78, 5) is 0. The number of methoxy groups -OCH3 is 1. The van der Waals surface area contributed by atoms with E-state index in [0.29, 0.717) is 12.2 Å². The second kappa shape index (κ2) is 5.05. The molecule has 14 heavy (non-hydrogen) atoms. The number of aliphatic hydroxyl groups excluding tert-OH is 1. The van der Waals surface area contributed by atoms with Gasteiger partial charge in [-0.25, -0.2) is 4.39 Å². The third-order valence-electron chi connectivity index (χ3n) is 2.02. The number of ether oxygens (including phenoxy) is 1. The summed E-state index contributed by atoms with van der Waals surface area (Å²) in [6, 6.07) is 4.22. The van der Waals surface area contributed by atoms with E-state index in [1.165, 1.54) is 19.2 Å². The summed E-state index contributed by atoms with van der Waals surface area (Å²) in [5.74, 6) is -0.434. The van der Waals surface area contributed by atoms with Crippen molar-refractivity contribution in [1.82, 2.24) is 0 Å². The molecular formula is C10H14FNO2. The summed E-state index contributed by atoms with van der Waals surface area (Å²) in [6.07, 6.45) is 0. The van der Waals surface area contributed by atoms with E-state index in [2.05, 4.69) is 0 Å². The lowest BCUT2D eigenvalue weighted by atomic mass is 10.1. The number of rotatable bonds is 4. The monoisotopic (exact) mass is 199 g/mol. The Morgan fingerprint density at radius 3 is 2.79 bits per heavy atom. The van der Waals surface area contributed by atoms with Gasteiger partial charge in [-0.1, -0.05) is 12.1 Å². The van der Waals surface area contributed by atoms with E-state index in [1.54, 1.807) is 6.07 Å². The van der Waals surface area contributed by atoms with Gasteiger partial charge in [0.05, 0.1) is 19.3 Å². The van der Waals surface area contributed by atoms with Crippen LogP contribution in [0.5, 0.6) is 0 Å². The van der Waals surface area contributed by atoms with Gasteiger partial charge in [-0.3, -0.25) is 0 Å². The molecule has 0 amide bonds. The Balaban J connectivity index is 2.85. The zero-order chi connectivity index (χ0) is 10.6. The minimum Gasteiger partial charge on any atom is -0.392 e. The van der Waals surface area contributed by atoms with E-state index in [1.807, 2.05) is 0 Å². The Kier molecular flexibility index (Phi) is 4.00. The summed E-state index contributed by atoms with van der Waals surface area (Å²) < 4.78 is 18.1. The van der Waals surface area contributed by atoms with Gasteiger partial charge in [0.2, 0.25) is 0 Å². The first kappa shape index (κ1) is 11.1. The van der Waals surface area contributed by atoms with Crippen molar-refractivity contribution >= 4 is 0 Å². The van der Waals surface area contributed by atoms with E-state index >= 15 is 0 Å². The van der Waals surface area contributed by atoms with Crippen LogP contribution in [0.25, 0.3) is 0 Å². The molecule has 0 aliphatic heterocycles. The summed E-state index contributed by atoms with van der Waals surface area (Å²) in [6.45, 7) is 0.0452. The highest BCUT2D eigenvalue weighted by Gasteiger charge is 2.08. The van der Waals surface area contributed by atoms with Crippen LogP contribution in [0.15, 0.2) is 18.2 Å². The molecule has 0 bridgehead atoms. The lowest BCUT2D eigenvalue weighted by Crippen LogP contribution is -2.16. The van der Waals surface area contributed by atoms with E-state index in [0.717, 1.165) is 0 Å². The molecule has 0 saturated heterocycles. The minimum atomic E-state index is -0.434. The van der Waals surface area contributed by atoms with Crippen molar-refractivity contribution in [3.63, 3.8) is 0 Å². The van der Waals surface area contributed by atoms with Gasteiger partial charge < -0.3 is 15.6 Å². The maximum atomic E-state index is 13.2. The van der Waals surface area contributed by atoms with Crippen LogP contribution < -0.4 is 5.73 Å². The predicted molar refractivity (Wildman–Crippen MR) is 51.1 cm³/mol. The Bertz CT molecular complexity index is 304. The van der Waals surface area contributed by atoms with Crippen molar-refractivity contribution in [1.29, 1.82) is 0 Å². The number of aliphatic hydroxyl groups is 1. The number of hydrogen-bond donors (Lipinski definition) is 2. The Morgan fingerprint density at radius 1 is 1.57 bits per heavy atom. The fourth-order valence-electron chi connectivity index (χ4n) is 1.20. The van der Waals surface area contributed by atoms with Gasteiger partial charge in [-0.2, -0.15) is 0 Å². The topological polar surface area (TPSA) is 55.5 Å². The van der Waals surface area contributed by atoms with Crippen molar-refractivity contribution in [3.05, 3.63) is 35.1 Å². The van der Waals surface area contributed by atoms with Crippen molar-refractivity contribution in [2.75, 3.05) is 13.7 Å². The second-order valence-electron chi connectivity index (χ2n) is 3.07. The predicted octanol–water partition coefficient (Wildman–Crippen LogP) is 0.964. The van der Waals surface area contributed by atoms with Crippen LogP contribution in [0.4, 0.5) is 4.39 Å². The first-order valence-corrected chi connectivity index (χ1v) is 4.32. The number of benzene rings is 1. The largest absolute Gasteiger partial charge is 0.392 e. The molecule has 3 N–H and O–H groups in total. The molecule has 0 aliphatic carbocycles. The van der Waals surface area contributed by atoms with Gasteiger partial charge in [0, 0.05) is 12.7 Å². The van der Waals surface area contributed by atoms with Crippen molar-refractivity contribution in [2.24, 2.45) is 5.73 Å². The summed E-state index contributed by atoms with van der Waals surface area (Å²) in [7, 11) is 1.54. The van der Waals surface area contributed by atoms with Gasteiger partial charge in [0.25, 0.3) is 0 Å². The maximum absolute atomic E-state index is 13.2. The van der Waals surface area contributed by atoms with Crippen molar-refractivity contribution in [3.8, 4) is 0 Å². The highest BCUT2D eigenvalue weighted by molar-refractivity contribution is 5.26. The molecule has 0 aliphatic rings. The molecule has 0 saturated carbocycles. The first-order valence-electron chi connectivity index (χ1n) is 4.32. The molecule has 1 aromatic rings. The average Bonchev–Trinajstić information content (AvgIpc) is 2.18. The molecule has 1 unspecified atom stereocenters. The lowest BCUT2D eigenvalue weighted by molar-refractivity contribution is 0.180. The second-order valence-corrected chi connectivity index (χ2v) is 3.07. The summed E-state index contributed by atoms with van der Waals surface area (Å²) in [5.41, 5.74) is 6.66. The standard InChI is InChI=1S/C10H14FNO2/c1-14-6-10(12)7-2-3-8(5-13)9(11)4-7/h2-4,10,13H,5-6,12H2,1H3. The molecule has 0 aromatic heterocycles. The van der Waals surface area contributed by atoms with Gasteiger partial charge >= 0.3 is 0 Å². The summed E-state index contributed by atoms with van der Waals surface area (Å²) >= 11 is 0. The van der Waals surface area contributed by atoms with E-state index in [4.69, 9.17) is 15.6 Å². The molecule has 0 heterocycles. The number of halogens is 1. The molecule has 4 heteroatoms. The van der Waals surface area contributed by atoms with E-state index < -0.39 is 5.82 Å². The quantitative estimate of drug-likeness (QED) is 0.759. The zero-order valence-electron chi connectivity index (χ0n) is 8.03. The molecule has 1 aromatic carbocycles. The van der Waals surface area contributed by atoms with Gasteiger partial charge in [-0.05, 0) is 11.6 Å². The molecule has 0 radical (unpaired) electrons. The van der Waals surface area contributed by atoms with Crippen molar-refractivity contribution in [2.45, 2.75) is 12.6 Å². The fourth-order valence-corrected chi connectivity index (χ4v) is 1.20. The Hall–Kier alpha value is -0.970. The minimum absolute atomic E-state index is 0.276. The van der Waals surface area contributed by atoms with E-state index in [9.17, 15) is 4.39 Å². The van der Waals surface area contributed by atoms with E-state index in [-0.39, 0.29) is 18.2 Å². The van der Waals surface area contributed by atoms with Crippen LogP contribution in [-0.2, 0) is 11.3 Å². The molecular weight excluding hydrogens is 185 g/mol. The third kappa shape index (κ3) is 2.51. The van der Waals surface area contributed by atoms with Crippen LogP contribution in [0.1, 0.15) is 17.2 Å². The molecule has 0 fully saturated rings. The first-order chi connectivity index (χ1) is 6.69. The number of hydrogen-bond acceptors (Lipinski definition) is 3. The van der Waals surface area contributed by atoms with Crippen molar-refractivity contribution < 1.29 is 14.2 Å². The van der Waals surface area contributed by atoms with Crippen LogP contribution in [-0.4, -0.2) is 18.8 Å². The molecule has 78 valence electrons. The Labute approximate surface area is 82.3 Å². The average molecular weight is 199 g/mol. The van der Waals surface area contributed by atoms with Crippen LogP contribution >= 0.6 is 0 Å². The third-order valence-corrected chi connectivity index (χ3v) is 2.02. The molecule has 0 spiro atoms. The molecule has 1 rings (SSSR count). The highest BCUT2D eigenvalue weighted by atomic mass is 19.1. The number of nitrogens with two attached hydrogens (primary N) is 1. The van der Waals surface area contributed by atoms with Gasteiger partial charge in [0.15, 0.2) is 0 Å². The fraction of sp³-hybridized carbons (Fsp3) is 0.400. The van der Waals surface area contributed by atoms with Gasteiger partial charge in [-0.15, -0.1) is 0 Å². The maximum Gasteiger partial charge on any atom is 0.129 e. The summed E-state index contributed by atoms with van der Waals surface area (Å²) in [5, 5.41) is 8.76. The smallest absolute Gasteiger partial charge is 0.129 e. The van der Waals surface area contributed by atoms with Crippen LogP contribution in [0.3, 0.4) is 0 Å². The SMILES string of the molecule is COCC(N)c1ccc(CO)c(F)c1. The van der Waals surface area contributed by atoms with Crippen LogP contribution in [0, 0.1) is 5.82 Å². The normalized spacial score (nSPS) is 12.9. The highest BCUT2D eigenvalue weighted by Crippen LogP contribution is 2.15. The lowest BCUT2D eigenvalue weighted by Gasteiger charge is -2.11. The zero-order valence-corrected chi connectivity index (χ0v) is 8.03. The van der Waals surface area contributed by atoms with Crippen LogP contribution in [0.2, 0.25) is 0 Å². The molecule has 3 nitrogen and oxygen atoms in total. The Morgan fingerprint density at radius 2 is 2.29 bits per heavy atom.